The Hall–Kier alpha value is -1.75. The Morgan fingerprint density at radius 2 is 2.16 bits per heavy atom. The number of carboxylic acid groups (broad SMARTS) is 1. The maximum atomic E-state index is 10.5. The molecule has 106 valence electrons. The van der Waals surface area contributed by atoms with Crippen LogP contribution in [0.2, 0.25) is 0 Å². The zero-order valence-electron chi connectivity index (χ0n) is 11.6. The predicted octanol–water partition coefficient (Wildman–Crippen LogP) is 1.53. The minimum Gasteiger partial charge on any atom is -0.496 e. The standard InChI is InChI=1S/C14H21NO4/c1-4-10-7-11(5-6-13(10)19-3)15(2)9-12(16)8-14(17)18/h5-7,12,16H,4,8-9H2,1-3H3,(H,17,18). The van der Waals surface area contributed by atoms with Crippen molar-refractivity contribution in [3.63, 3.8) is 0 Å². The molecule has 0 amide bonds. The lowest BCUT2D eigenvalue weighted by Gasteiger charge is -2.23. The molecule has 1 aromatic rings. The van der Waals surface area contributed by atoms with Crippen molar-refractivity contribution >= 4 is 11.7 Å². The molecule has 1 aromatic carbocycles. The van der Waals surface area contributed by atoms with Gasteiger partial charge >= 0.3 is 5.97 Å². The van der Waals surface area contributed by atoms with Crippen molar-refractivity contribution < 1.29 is 19.7 Å². The van der Waals surface area contributed by atoms with Crippen molar-refractivity contribution in [1.82, 2.24) is 0 Å². The highest BCUT2D eigenvalue weighted by Crippen LogP contribution is 2.25. The minimum absolute atomic E-state index is 0.249. The van der Waals surface area contributed by atoms with Gasteiger partial charge in [-0.2, -0.15) is 0 Å². The van der Waals surface area contributed by atoms with Crippen LogP contribution in [0, 0.1) is 0 Å². The average molecular weight is 267 g/mol. The second-order valence-corrected chi connectivity index (χ2v) is 4.48. The quantitative estimate of drug-likeness (QED) is 0.784. The van der Waals surface area contributed by atoms with Gasteiger partial charge in [-0.15, -0.1) is 0 Å². The number of hydrogen-bond donors (Lipinski definition) is 2. The molecule has 0 aliphatic heterocycles. The van der Waals surface area contributed by atoms with E-state index in [9.17, 15) is 9.90 Å². The molecule has 1 atom stereocenters. The summed E-state index contributed by atoms with van der Waals surface area (Å²) in [5.74, 6) is -0.157. The number of aliphatic carboxylic acids is 1. The number of benzene rings is 1. The summed E-state index contributed by atoms with van der Waals surface area (Å²) in [7, 11) is 3.46. The van der Waals surface area contributed by atoms with Crippen LogP contribution in [-0.2, 0) is 11.2 Å². The van der Waals surface area contributed by atoms with Crippen molar-refractivity contribution in [2.45, 2.75) is 25.9 Å². The zero-order chi connectivity index (χ0) is 14.4. The number of aliphatic hydroxyl groups excluding tert-OH is 1. The highest BCUT2D eigenvalue weighted by Gasteiger charge is 2.13. The van der Waals surface area contributed by atoms with Gasteiger partial charge in [-0.1, -0.05) is 6.92 Å². The van der Waals surface area contributed by atoms with E-state index < -0.39 is 12.1 Å². The first-order chi connectivity index (χ1) is 8.97. The number of hydrogen-bond acceptors (Lipinski definition) is 4. The van der Waals surface area contributed by atoms with Crippen LogP contribution >= 0.6 is 0 Å². The molecule has 5 heteroatoms. The van der Waals surface area contributed by atoms with Gasteiger partial charge in [-0.25, -0.2) is 0 Å². The van der Waals surface area contributed by atoms with E-state index in [-0.39, 0.29) is 13.0 Å². The first-order valence-corrected chi connectivity index (χ1v) is 6.25. The molecule has 0 spiro atoms. The normalized spacial score (nSPS) is 12.0. The van der Waals surface area contributed by atoms with Gasteiger partial charge < -0.3 is 19.8 Å². The first-order valence-electron chi connectivity index (χ1n) is 6.25. The fourth-order valence-corrected chi connectivity index (χ4v) is 1.97. The van der Waals surface area contributed by atoms with Crippen LogP contribution in [-0.4, -0.2) is 43.0 Å². The van der Waals surface area contributed by atoms with Gasteiger partial charge in [0.25, 0.3) is 0 Å². The molecule has 0 radical (unpaired) electrons. The van der Waals surface area contributed by atoms with Crippen molar-refractivity contribution in [3.05, 3.63) is 23.8 Å². The molecule has 0 bridgehead atoms. The number of methoxy groups -OCH3 is 1. The van der Waals surface area contributed by atoms with Crippen LogP contribution in [0.15, 0.2) is 18.2 Å². The maximum absolute atomic E-state index is 10.5. The number of ether oxygens (including phenoxy) is 1. The summed E-state index contributed by atoms with van der Waals surface area (Å²) in [6, 6.07) is 5.77. The van der Waals surface area contributed by atoms with Gasteiger partial charge in [-0.05, 0) is 30.2 Å². The van der Waals surface area contributed by atoms with Crippen molar-refractivity contribution in [2.75, 3.05) is 25.6 Å². The second-order valence-electron chi connectivity index (χ2n) is 4.48. The Kier molecular flexibility index (Phi) is 5.63. The van der Waals surface area contributed by atoms with Crippen LogP contribution in [0.1, 0.15) is 18.9 Å². The van der Waals surface area contributed by atoms with Crippen LogP contribution in [0.3, 0.4) is 0 Å². The second kappa shape index (κ2) is 6.99. The fourth-order valence-electron chi connectivity index (χ4n) is 1.97. The minimum atomic E-state index is -0.995. The zero-order valence-corrected chi connectivity index (χ0v) is 11.6. The predicted molar refractivity (Wildman–Crippen MR) is 73.9 cm³/mol. The third kappa shape index (κ3) is 4.44. The molecule has 0 heterocycles. The lowest BCUT2D eigenvalue weighted by atomic mass is 10.1. The Morgan fingerprint density at radius 1 is 1.47 bits per heavy atom. The number of nitrogens with zero attached hydrogens (tertiary/aromatic N) is 1. The summed E-state index contributed by atoms with van der Waals surface area (Å²) < 4.78 is 5.26. The number of rotatable bonds is 7. The van der Waals surface area contributed by atoms with Gasteiger partial charge in [0.1, 0.15) is 5.75 Å². The summed E-state index contributed by atoms with van der Waals surface area (Å²) in [6.07, 6.45) is -0.279. The van der Waals surface area contributed by atoms with E-state index in [1.807, 2.05) is 37.1 Å². The molecule has 5 nitrogen and oxygen atoms in total. The van der Waals surface area contributed by atoms with Crippen LogP contribution in [0.5, 0.6) is 5.75 Å². The van der Waals surface area contributed by atoms with Gasteiger partial charge in [0.15, 0.2) is 0 Å². The first kappa shape index (κ1) is 15.3. The Morgan fingerprint density at radius 3 is 2.68 bits per heavy atom. The highest BCUT2D eigenvalue weighted by atomic mass is 16.5. The van der Waals surface area contributed by atoms with Crippen LogP contribution < -0.4 is 9.64 Å². The van der Waals surface area contributed by atoms with Crippen molar-refractivity contribution in [3.8, 4) is 5.75 Å². The number of carboxylic acids is 1. The van der Waals surface area contributed by atoms with Crippen LogP contribution in [0.4, 0.5) is 5.69 Å². The van der Waals surface area contributed by atoms with Gasteiger partial charge in [0.2, 0.25) is 0 Å². The molecule has 1 rings (SSSR count). The summed E-state index contributed by atoms with van der Waals surface area (Å²) >= 11 is 0. The molecule has 0 saturated heterocycles. The SMILES string of the molecule is CCc1cc(N(C)CC(O)CC(=O)O)ccc1OC. The monoisotopic (exact) mass is 267 g/mol. The smallest absolute Gasteiger partial charge is 0.306 e. The van der Waals surface area contributed by atoms with Crippen LogP contribution in [0.25, 0.3) is 0 Å². The topological polar surface area (TPSA) is 70.0 Å². The number of anilines is 1. The number of likely N-dealkylation sites (N-methyl/N-ethyl adjacent to an activating group) is 1. The van der Waals surface area contributed by atoms with Crippen molar-refractivity contribution in [1.29, 1.82) is 0 Å². The van der Waals surface area contributed by atoms with Gasteiger partial charge in [0, 0.05) is 19.3 Å². The van der Waals surface area contributed by atoms with E-state index in [0.717, 1.165) is 23.4 Å². The lowest BCUT2D eigenvalue weighted by Crippen LogP contribution is -2.30. The van der Waals surface area contributed by atoms with E-state index in [4.69, 9.17) is 9.84 Å². The van der Waals surface area contributed by atoms with Gasteiger partial charge in [0.05, 0.1) is 19.6 Å². The van der Waals surface area contributed by atoms with E-state index in [2.05, 4.69) is 0 Å². The molecular formula is C14H21NO4. The Labute approximate surface area is 113 Å². The summed E-state index contributed by atoms with van der Waals surface area (Å²) in [5.41, 5.74) is 2.02. The molecule has 0 fully saturated rings. The average Bonchev–Trinajstić information content (AvgIpc) is 2.36. The Bertz CT molecular complexity index is 433. The maximum Gasteiger partial charge on any atom is 0.306 e. The van der Waals surface area contributed by atoms with Crippen molar-refractivity contribution in [2.24, 2.45) is 0 Å². The largest absolute Gasteiger partial charge is 0.496 e. The van der Waals surface area contributed by atoms with E-state index in [1.165, 1.54) is 0 Å². The third-order valence-electron chi connectivity index (χ3n) is 2.98. The molecule has 2 N–H and O–H groups in total. The molecule has 1 unspecified atom stereocenters. The molecule has 19 heavy (non-hydrogen) atoms. The van der Waals surface area contributed by atoms with E-state index >= 15 is 0 Å². The van der Waals surface area contributed by atoms with E-state index in [1.54, 1.807) is 7.11 Å². The molecular weight excluding hydrogens is 246 g/mol. The fraction of sp³-hybridized carbons (Fsp3) is 0.500. The lowest BCUT2D eigenvalue weighted by molar-refractivity contribution is -0.139. The molecule has 0 aliphatic rings. The molecule has 0 aliphatic carbocycles. The molecule has 0 aromatic heterocycles. The summed E-state index contributed by atoms with van der Waals surface area (Å²) in [6.45, 7) is 2.32. The number of carbonyl (C=O) groups is 1. The summed E-state index contributed by atoms with van der Waals surface area (Å²) in [5, 5.41) is 18.3. The third-order valence-corrected chi connectivity index (χ3v) is 2.98. The Balaban J connectivity index is 2.76. The number of aliphatic hydroxyl groups is 1. The van der Waals surface area contributed by atoms with E-state index in [0.29, 0.717) is 0 Å². The number of aryl methyl sites for hydroxylation is 1. The highest BCUT2D eigenvalue weighted by molar-refractivity contribution is 5.67. The summed E-state index contributed by atoms with van der Waals surface area (Å²) in [4.78, 5) is 12.4. The van der Waals surface area contributed by atoms with Gasteiger partial charge in [-0.3, -0.25) is 4.79 Å². The molecule has 0 saturated carbocycles.